The van der Waals surface area contributed by atoms with E-state index in [1.54, 1.807) is 12.4 Å². The number of hydrogen-bond acceptors (Lipinski definition) is 5. The highest BCUT2D eigenvalue weighted by Gasteiger charge is 2.38. The first-order valence-corrected chi connectivity index (χ1v) is 9.35. The molecule has 2 aromatic rings. The molecular formula is C19H28N6O. The minimum absolute atomic E-state index is 0.0254. The van der Waals surface area contributed by atoms with E-state index in [0.29, 0.717) is 24.9 Å². The van der Waals surface area contributed by atoms with Crippen molar-refractivity contribution in [1.82, 2.24) is 29.7 Å². The zero-order valence-electron chi connectivity index (χ0n) is 15.8. The Morgan fingerprint density at radius 2 is 2.15 bits per heavy atom. The normalized spacial score (nSPS) is 21.8. The van der Waals surface area contributed by atoms with Crippen molar-refractivity contribution in [3.63, 3.8) is 0 Å². The van der Waals surface area contributed by atoms with Crippen LogP contribution >= 0.6 is 0 Å². The Balaban J connectivity index is 1.68. The fourth-order valence-corrected chi connectivity index (χ4v) is 3.79. The van der Waals surface area contributed by atoms with Crippen molar-refractivity contribution in [2.45, 2.75) is 45.2 Å². The Kier molecular flexibility index (Phi) is 5.98. The van der Waals surface area contributed by atoms with Gasteiger partial charge in [0.15, 0.2) is 0 Å². The molecule has 1 aliphatic rings. The summed E-state index contributed by atoms with van der Waals surface area (Å²) in [5.74, 6) is 1.54. The largest absolute Gasteiger partial charge is 0.336 e. The van der Waals surface area contributed by atoms with Gasteiger partial charge in [0, 0.05) is 70.0 Å². The van der Waals surface area contributed by atoms with Gasteiger partial charge < -0.3 is 14.8 Å². The molecule has 0 aromatic carbocycles. The van der Waals surface area contributed by atoms with Crippen molar-refractivity contribution in [2.24, 2.45) is 13.0 Å². The maximum absolute atomic E-state index is 12.4. The highest BCUT2D eigenvalue weighted by atomic mass is 16.2. The van der Waals surface area contributed by atoms with Crippen molar-refractivity contribution in [1.29, 1.82) is 0 Å². The standard InChI is InChI=1S/C19H28N6O/c1-4-25-17(26)6-5-15(18(25)19-22-9-10-24(19)3)12-23-14(2)11-16-13-20-7-8-21-16/h7-10,13-15,18,23H,4-6,11-12H2,1-3H3/t14?,15-,18+/m1/s1. The summed E-state index contributed by atoms with van der Waals surface area (Å²) in [5.41, 5.74) is 0.988. The summed E-state index contributed by atoms with van der Waals surface area (Å²) < 4.78 is 2.03. The van der Waals surface area contributed by atoms with E-state index in [9.17, 15) is 4.79 Å². The summed E-state index contributed by atoms with van der Waals surface area (Å²) >= 11 is 0. The van der Waals surface area contributed by atoms with Gasteiger partial charge in [0.05, 0.1) is 11.7 Å². The minimum atomic E-state index is 0.0254. The van der Waals surface area contributed by atoms with Gasteiger partial charge >= 0.3 is 0 Å². The lowest BCUT2D eigenvalue weighted by molar-refractivity contribution is -0.139. The van der Waals surface area contributed by atoms with E-state index < -0.39 is 0 Å². The van der Waals surface area contributed by atoms with Gasteiger partial charge in [-0.2, -0.15) is 0 Å². The lowest BCUT2D eigenvalue weighted by Crippen LogP contribution is -2.47. The molecule has 140 valence electrons. The van der Waals surface area contributed by atoms with Gasteiger partial charge in [-0.15, -0.1) is 0 Å². The van der Waals surface area contributed by atoms with Gasteiger partial charge in [0.2, 0.25) is 5.91 Å². The number of aromatic nitrogens is 4. The minimum Gasteiger partial charge on any atom is -0.336 e. The molecule has 3 heterocycles. The van der Waals surface area contributed by atoms with Gasteiger partial charge in [-0.3, -0.25) is 14.8 Å². The number of hydrogen-bond donors (Lipinski definition) is 1. The van der Waals surface area contributed by atoms with Gasteiger partial charge in [-0.25, -0.2) is 4.98 Å². The summed E-state index contributed by atoms with van der Waals surface area (Å²) in [4.78, 5) is 27.4. The molecule has 1 N–H and O–H groups in total. The third kappa shape index (κ3) is 4.09. The van der Waals surface area contributed by atoms with E-state index >= 15 is 0 Å². The average Bonchev–Trinajstić information content (AvgIpc) is 3.06. The first-order valence-electron chi connectivity index (χ1n) is 9.35. The second-order valence-electron chi connectivity index (χ2n) is 7.03. The van der Waals surface area contributed by atoms with Crippen LogP contribution < -0.4 is 5.32 Å². The van der Waals surface area contributed by atoms with E-state index in [4.69, 9.17) is 0 Å². The average molecular weight is 356 g/mol. The molecule has 3 atom stereocenters. The first-order chi connectivity index (χ1) is 12.6. The Bertz CT molecular complexity index is 716. The van der Waals surface area contributed by atoms with Crippen molar-refractivity contribution < 1.29 is 4.79 Å². The van der Waals surface area contributed by atoms with E-state index in [0.717, 1.165) is 30.9 Å². The van der Waals surface area contributed by atoms with Crippen molar-refractivity contribution in [3.05, 3.63) is 42.5 Å². The fraction of sp³-hybridized carbons (Fsp3) is 0.579. The summed E-state index contributed by atoms with van der Waals surface area (Å²) in [6.07, 6.45) is 11.3. The van der Waals surface area contributed by atoms with Crippen molar-refractivity contribution >= 4 is 5.91 Å². The van der Waals surface area contributed by atoms with Crippen LogP contribution in [0, 0.1) is 5.92 Å². The fourth-order valence-electron chi connectivity index (χ4n) is 3.79. The lowest BCUT2D eigenvalue weighted by atomic mass is 9.87. The maximum Gasteiger partial charge on any atom is 0.223 e. The summed E-state index contributed by atoms with van der Waals surface area (Å²) in [7, 11) is 2.00. The highest BCUT2D eigenvalue weighted by Crippen LogP contribution is 2.35. The van der Waals surface area contributed by atoms with Crippen molar-refractivity contribution in [2.75, 3.05) is 13.1 Å². The molecule has 1 fully saturated rings. The van der Waals surface area contributed by atoms with Crippen LogP contribution in [0.3, 0.4) is 0 Å². The van der Waals surface area contributed by atoms with Crippen LogP contribution in [-0.4, -0.2) is 49.5 Å². The first kappa shape index (κ1) is 18.5. The topological polar surface area (TPSA) is 75.9 Å². The SMILES string of the molecule is CCN1C(=O)CC[C@H](CNC(C)Cc2cnccn2)[C@H]1c1nccn1C. The number of aryl methyl sites for hydroxylation is 1. The van der Waals surface area contributed by atoms with Gasteiger partial charge in [0.25, 0.3) is 0 Å². The lowest BCUT2D eigenvalue weighted by Gasteiger charge is -2.40. The third-order valence-corrected chi connectivity index (χ3v) is 5.16. The molecule has 0 bridgehead atoms. The zero-order chi connectivity index (χ0) is 18.5. The predicted molar refractivity (Wildman–Crippen MR) is 99.3 cm³/mol. The molecule has 1 aliphatic heterocycles. The van der Waals surface area contributed by atoms with E-state index in [2.05, 4.69) is 27.2 Å². The molecule has 26 heavy (non-hydrogen) atoms. The predicted octanol–water partition coefficient (Wildman–Crippen LogP) is 1.73. The van der Waals surface area contributed by atoms with Crippen LogP contribution in [0.4, 0.5) is 0 Å². The highest BCUT2D eigenvalue weighted by molar-refractivity contribution is 5.77. The molecular weight excluding hydrogens is 328 g/mol. The number of piperidine rings is 1. The number of amides is 1. The van der Waals surface area contributed by atoms with Gasteiger partial charge in [0.1, 0.15) is 5.82 Å². The molecule has 1 amide bonds. The summed E-state index contributed by atoms with van der Waals surface area (Å²) in [5, 5.41) is 3.63. The van der Waals surface area contributed by atoms with Crippen LogP contribution in [0.1, 0.15) is 44.2 Å². The van der Waals surface area contributed by atoms with E-state index in [1.807, 2.05) is 42.0 Å². The monoisotopic (exact) mass is 356 g/mol. The smallest absolute Gasteiger partial charge is 0.223 e. The van der Waals surface area contributed by atoms with Crippen LogP contribution in [0.5, 0.6) is 0 Å². The van der Waals surface area contributed by atoms with Crippen molar-refractivity contribution in [3.8, 4) is 0 Å². The number of likely N-dealkylation sites (tertiary alicyclic amines) is 1. The quantitative estimate of drug-likeness (QED) is 0.818. The maximum atomic E-state index is 12.4. The summed E-state index contributed by atoms with van der Waals surface area (Å²) in [6.45, 7) is 5.77. The zero-order valence-corrected chi connectivity index (χ0v) is 15.8. The van der Waals surface area contributed by atoms with Crippen LogP contribution in [0.2, 0.25) is 0 Å². The number of imidazole rings is 1. The second kappa shape index (κ2) is 8.40. The Morgan fingerprint density at radius 3 is 2.81 bits per heavy atom. The molecule has 7 nitrogen and oxygen atoms in total. The number of rotatable bonds is 7. The number of carbonyl (C=O) groups excluding carboxylic acids is 1. The number of carbonyl (C=O) groups is 1. The molecule has 2 aromatic heterocycles. The van der Waals surface area contributed by atoms with Crippen LogP contribution in [0.25, 0.3) is 0 Å². The Hall–Kier alpha value is -2.28. The molecule has 0 saturated carbocycles. The number of nitrogens with zero attached hydrogens (tertiary/aromatic N) is 5. The molecule has 1 saturated heterocycles. The molecule has 1 unspecified atom stereocenters. The third-order valence-electron chi connectivity index (χ3n) is 5.16. The van der Waals surface area contributed by atoms with Gasteiger partial charge in [-0.05, 0) is 26.2 Å². The molecule has 0 aliphatic carbocycles. The molecule has 7 heteroatoms. The number of nitrogens with one attached hydrogen (secondary N) is 1. The van der Waals surface area contributed by atoms with E-state index in [-0.39, 0.29) is 11.9 Å². The Morgan fingerprint density at radius 1 is 1.31 bits per heavy atom. The second-order valence-corrected chi connectivity index (χ2v) is 7.03. The molecule has 0 radical (unpaired) electrons. The summed E-state index contributed by atoms with van der Waals surface area (Å²) in [6, 6.07) is 0.318. The van der Waals surface area contributed by atoms with Gasteiger partial charge in [-0.1, -0.05) is 0 Å². The molecule has 0 spiro atoms. The van der Waals surface area contributed by atoms with Crippen LogP contribution in [-0.2, 0) is 18.3 Å². The van der Waals surface area contributed by atoms with Crippen LogP contribution in [0.15, 0.2) is 31.0 Å². The Labute approximate surface area is 154 Å². The van der Waals surface area contributed by atoms with E-state index in [1.165, 1.54) is 0 Å². The molecule has 3 rings (SSSR count).